The van der Waals surface area contributed by atoms with Gasteiger partial charge in [-0.1, -0.05) is 6.92 Å². The number of aldehydes is 1. The number of anilines is 1. The highest BCUT2D eigenvalue weighted by Gasteiger charge is 2.23. The summed E-state index contributed by atoms with van der Waals surface area (Å²) in [5.74, 6) is -1.39. The summed E-state index contributed by atoms with van der Waals surface area (Å²) < 4.78 is 33.5. The van der Waals surface area contributed by atoms with Crippen molar-refractivity contribution in [3.05, 3.63) is 29.3 Å². The van der Waals surface area contributed by atoms with Crippen molar-refractivity contribution in [2.45, 2.75) is 25.9 Å². The van der Waals surface area contributed by atoms with E-state index in [4.69, 9.17) is 4.74 Å². The average molecular weight is 269 g/mol. The number of halogens is 2. The Bertz CT molecular complexity index is 442. The molecule has 2 rings (SSSR count). The molecule has 0 N–H and O–H groups in total. The van der Waals surface area contributed by atoms with Crippen LogP contribution in [-0.4, -0.2) is 32.1 Å². The Morgan fingerprint density at radius 1 is 1.42 bits per heavy atom. The lowest BCUT2D eigenvalue weighted by molar-refractivity contribution is 0.0664. The van der Waals surface area contributed by atoms with Gasteiger partial charge in [-0.3, -0.25) is 4.79 Å². The van der Waals surface area contributed by atoms with Gasteiger partial charge in [0.1, 0.15) is 23.6 Å². The Kier molecular flexibility index (Phi) is 4.47. The third-order valence-corrected chi connectivity index (χ3v) is 3.30. The Balaban J connectivity index is 2.31. The van der Waals surface area contributed by atoms with Crippen molar-refractivity contribution >= 4 is 12.0 Å². The van der Waals surface area contributed by atoms with E-state index in [9.17, 15) is 13.6 Å². The summed E-state index contributed by atoms with van der Waals surface area (Å²) >= 11 is 0. The first kappa shape index (κ1) is 13.9. The van der Waals surface area contributed by atoms with Gasteiger partial charge in [-0.15, -0.1) is 0 Å². The second kappa shape index (κ2) is 6.10. The predicted molar refractivity (Wildman–Crippen MR) is 68.6 cm³/mol. The topological polar surface area (TPSA) is 29.5 Å². The molecule has 1 aliphatic heterocycles. The van der Waals surface area contributed by atoms with Crippen molar-refractivity contribution in [3.63, 3.8) is 0 Å². The van der Waals surface area contributed by atoms with Crippen LogP contribution in [-0.2, 0) is 4.74 Å². The second-order valence-electron chi connectivity index (χ2n) is 4.65. The smallest absolute Gasteiger partial charge is 0.150 e. The van der Waals surface area contributed by atoms with Crippen molar-refractivity contribution in [2.24, 2.45) is 0 Å². The second-order valence-corrected chi connectivity index (χ2v) is 4.65. The summed E-state index contributed by atoms with van der Waals surface area (Å²) in [5, 5.41) is 0. The highest BCUT2D eigenvalue weighted by Crippen LogP contribution is 2.26. The molecule has 0 aliphatic carbocycles. The van der Waals surface area contributed by atoms with Crippen molar-refractivity contribution in [1.82, 2.24) is 0 Å². The van der Waals surface area contributed by atoms with Crippen LogP contribution in [0.4, 0.5) is 14.5 Å². The van der Waals surface area contributed by atoms with Crippen LogP contribution in [0, 0.1) is 11.6 Å². The molecule has 1 aromatic rings. The summed E-state index contributed by atoms with van der Waals surface area (Å²) in [6.07, 6.45) is 1.94. The normalized spacial score (nSPS) is 20.2. The van der Waals surface area contributed by atoms with E-state index in [1.807, 2.05) is 6.92 Å². The minimum Gasteiger partial charge on any atom is -0.376 e. The van der Waals surface area contributed by atoms with E-state index in [2.05, 4.69) is 0 Å². The zero-order valence-corrected chi connectivity index (χ0v) is 10.9. The lowest BCUT2D eigenvalue weighted by atomic mass is 10.1. The van der Waals surface area contributed by atoms with Crippen molar-refractivity contribution in [3.8, 4) is 0 Å². The first-order valence-corrected chi connectivity index (χ1v) is 6.46. The molecule has 1 fully saturated rings. The van der Waals surface area contributed by atoms with Gasteiger partial charge in [0, 0.05) is 25.3 Å². The van der Waals surface area contributed by atoms with Gasteiger partial charge in [-0.05, 0) is 25.0 Å². The monoisotopic (exact) mass is 269 g/mol. The van der Waals surface area contributed by atoms with Crippen LogP contribution in [0.15, 0.2) is 12.1 Å². The largest absolute Gasteiger partial charge is 0.376 e. The van der Waals surface area contributed by atoms with Gasteiger partial charge < -0.3 is 9.64 Å². The molecule has 1 unspecified atom stereocenters. The van der Waals surface area contributed by atoms with Gasteiger partial charge in [0.05, 0.1) is 6.10 Å². The fourth-order valence-corrected chi connectivity index (χ4v) is 2.30. The third kappa shape index (κ3) is 3.10. The van der Waals surface area contributed by atoms with E-state index < -0.39 is 11.6 Å². The zero-order chi connectivity index (χ0) is 13.8. The van der Waals surface area contributed by atoms with Gasteiger partial charge in [0.15, 0.2) is 0 Å². The SMILES string of the molecule is CCC1CN(c2c(F)cc(C=O)cc2F)CCCO1. The van der Waals surface area contributed by atoms with Crippen LogP contribution in [0.5, 0.6) is 0 Å². The van der Waals surface area contributed by atoms with Crippen molar-refractivity contribution in [1.29, 1.82) is 0 Å². The van der Waals surface area contributed by atoms with Gasteiger partial charge in [-0.2, -0.15) is 0 Å². The summed E-state index contributed by atoms with van der Waals surface area (Å²) in [7, 11) is 0. The number of carbonyl (C=O) groups excluding carboxylic acids is 1. The zero-order valence-electron chi connectivity index (χ0n) is 10.9. The molecule has 1 atom stereocenters. The summed E-state index contributed by atoms with van der Waals surface area (Å²) in [6.45, 7) is 3.59. The van der Waals surface area contributed by atoms with Crippen LogP contribution in [0.3, 0.4) is 0 Å². The maximum atomic E-state index is 14.0. The maximum Gasteiger partial charge on any atom is 0.150 e. The van der Waals surface area contributed by atoms with Gasteiger partial charge in [0.2, 0.25) is 0 Å². The minimum atomic E-state index is -0.696. The molecule has 1 aromatic carbocycles. The van der Waals surface area contributed by atoms with E-state index in [1.165, 1.54) is 0 Å². The molecule has 0 saturated carbocycles. The Labute approximate surface area is 111 Å². The molecular weight excluding hydrogens is 252 g/mol. The van der Waals surface area contributed by atoms with Crippen molar-refractivity contribution in [2.75, 3.05) is 24.6 Å². The fourth-order valence-electron chi connectivity index (χ4n) is 2.30. The molecule has 19 heavy (non-hydrogen) atoms. The molecule has 1 aliphatic rings. The minimum absolute atomic E-state index is 0.0110. The van der Waals surface area contributed by atoms with Gasteiger partial charge >= 0.3 is 0 Å². The maximum absolute atomic E-state index is 14.0. The van der Waals surface area contributed by atoms with Crippen LogP contribution in [0.2, 0.25) is 0 Å². The summed E-state index contributed by atoms with van der Waals surface area (Å²) in [6, 6.07) is 2.14. The lowest BCUT2D eigenvalue weighted by Gasteiger charge is -2.26. The number of nitrogens with zero attached hydrogens (tertiary/aromatic N) is 1. The fraction of sp³-hybridized carbons (Fsp3) is 0.500. The quantitative estimate of drug-likeness (QED) is 0.790. The highest BCUT2D eigenvalue weighted by atomic mass is 19.1. The molecule has 0 bridgehead atoms. The van der Waals surface area contributed by atoms with Crippen LogP contribution >= 0.6 is 0 Å². The van der Waals surface area contributed by atoms with Crippen LogP contribution < -0.4 is 4.90 Å². The van der Waals surface area contributed by atoms with Gasteiger partial charge in [0.25, 0.3) is 0 Å². The summed E-state index contributed by atoms with van der Waals surface area (Å²) in [4.78, 5) is 12.3. The number of carbonyl (C=O) groups is 1. The number of ether oxygens (including phenoxy) is 1. The molecule has 3 nitrogen and oxygen atoms in total. The molecule has 1 heterocycles. The van der Waals surface area contributed by atoms with E-state index in [0.29, 0.717) is 26.0 Å². The first-order valence-electron chi connectivity index (χ1n) is 6.46. The number of hydrogen-bond acceptors (Lipinski definition) is 3. The Hall–Kier alpha value is -1.49. The van der Waals surface area contributed by atoms with E-state index in [0.717, 1.165) is 25.0 Å². The molecule has 1 saturated heterocycles. The standard InChI is InChI=1S/C14H17F2NO2/c1-2-11-8-17(4-3-5-19-11)14-12(15)6-10(9-18)7-13(14)16/h6-7,9,11H,2-5,8H2,1H3. The average Bonchev–Trinajstić information content (AvgIpc) is 2.63. The number of benzene rings is 1. The highest BCUT2D eigenvalue weighted by molar-refractivity contribution is 5.76. The van der Waals surface area contributed by atoms with Crippen molar-refractivity contribution < 1.29 is 18.3 Å². The van der Waals surface area contributed by atoms with E-state index in [1.54, 1.807) is 4.90 Å². The van der Waals surface area contributed by atoms with Crippen LogP contribution in [0.1, 0.15) is 30.1 Å². The predicted octanol–water partition coefficient (Wildman–Crippen LogP) is 2.78. The van der Waals surface area contributed by atoms with Gasteiger partial charge in [-0.25, -0.2) is 8.78 Å². The molecule has 0 radical (unpaired) electrons. The lowest BCUT2D eigenvalue weighted by Crippen LogP contribution is -2.32. The molecular formula is C14H17F2NO2. The van der Waals surface area contributed by atoms with E-state index in [-0.39, 0.29) is 17.4 Å². The first-order chi connectivity index (χ1) is 9.15. The number of rotatable bonds is 3. The molecule has 104 valence electrons. The third-order valence-electron chi connectivity index (χ3n) is 3.30. The molecule has 0 spiro atoms. The summed E-state index contributed by atoms with van der Waals surface area (Å²) in [5.41, 5.74) is -0.0496. The Morgan fingerprint density at radius 3 is 2.68 bits per heavy atom. The Morgan fingerprint density at radius 2 is 2.11 bits per heavy atom. The molecule has 0 aromatic heterocycles. The molecule has 5 heteroatoms. The number of hydrogen-bond donors (Lipinski definition) is 0. The molecule has 0 amide bonds. The van der Waals surface area contributed by atoms with Crippen LogP contribution in [0.25, 0.3) is 0 Å². The van der Waals surface area contributed by atoms with E-state index >= 15 is 0 Å².